The summed E-state index contributed by atoms with van der Waals surface area (Å²) in [7, 11) is 0. The average Bonchev–Trinajstić information content (AvgIpc) is 3.34. The zero-order chi connectivity index (χ0) is 25.2. The molecule has 0 aliphatic carbocycles. The number of hydrogen-bond acceptors (Lipinski definition) is 3. The maximum absolute atomic E-state index is 4.79. The summed E-state index contributed by atoms with van der Waals surface area (Å²) in [6.07, 6.45) is 0. The third kappa shape index (κ3) is 5.13. The molecule has 5 aromatic carbocycles. The Morgan fingerprint density at radius 3 is 1.39 bits per heavy atom. The fourth-order valence-corrected chi connectivity index (χ4v) is 5.78. The monoisotopic (exact) mass is 694 g/mol. The van der Waals surface area contributed by atoms with Gasteiger partial charge in [0, 0.05) is 45.1 Å². The Morgan fingerprint density at radius 2 is 0.947 bits per heavy atom. The molecule has 0 N–H and O–H groups in total. The molecule has 0 aromatic heterocycles. The van der Waals surface area contributed by atoms with Crippen molar-refractivity contribution in [3.63, 3.8) is 0 Å². The van der Waals surface area contributed by atoms with Gasteiger partial charge in [-0.05, 0) is 72.2 Å². The van der Waals surface area contributed by atoms with Gasteiger partial charge in [-0.15, -0.1) is 18.0 Å². The first-order valence-corrected chi connectivity index (χ1v) is 13.2. The summed E-state index contributed by atoms with van der Waals surface area (Å²) in [6, 6.07) is 42.0. The summed E-state index contributed by atoms with van der Waals surface area (Å²) >= 11 is 1.82. The van der Waals surface area contributed by atoms with Crippen LogP contribution in [0.3, 0.4) is 0 Å². The van der Waals surface area contributed by atoms with Gasteiger partial charge >= 0.3 is 0 Å². The minimum absolute atomic E-state index is 0. The first-order valence-electron chi connectivity index (χ1n) is 12.4. The molecule has 0 saturated heterocycles. The van der Waals surface area contributed by atoms with Crippen LogP contribution < -0.4 is 9.80 Å². The second-order valence-corrected chi connectivity index (χ2v) is 10.2. The number of para-hydroxylation sites is 6. The molecule has 0 fully saturated rings. The van der Waals surface area contributed by atoms with Crippen LogP contribution in [0.15, 0.2) is 131 Å². The zero-order valence-corrected chi connectivity index (χ0v) is 24.2. The Morgan fingerprint density at radius 1 is 0.526 bits per heavy atom. The van der Waals surface area contributed by atoms with Crippen LogP contribution in [0.5, 0.6) is 0 Å². The molecule has 0 unspecified atom stereocenters. The predicted octanol–water partition coefficient (Wildman–Crippen LogP) is 10.2. The molecule has 2 aliphatic heterocycles. The van der Waals surface area contributed by atoms with Crippen LogP contribution in [0.2, 0.25) is 0 Å². The number of benzene rings is 5. The Bertz CT molecular complexity index is 1430. The zero-order valence-electron chi connectivity index (χ0n) is 21.2. The molecule has 0 atom stereocenters. The largest absolute Gasteiger partial charge is 0.656 e. The second-order valence-electron chi connectivity index (χ2n) is 9.07. The number of nitrogens with zero attached hydrogens (tertiary/aromatic N) is 3. The molecule has 2 aliphatic rings. The number of hydrogen-bond donors (Lipinski definition) is 0. The number of fused-ring (bicyclic) bond motifs is 3. The number of rotatable bonds is 2. The van der Waals surface area contributed by atoms with E-state index in [4.69, 9.17) is 5.32 Å². The summed E-state index contributed by atoms with van der Waals surface area (Å²) < 4.78 is 0. The van der Waals surface area contributed by atoms with Crippen LogP contribution in [0.25, 0.3) is 5.32 Å². The maximum Gasteiger partial charge on any atom is 0.0345 e. The molecular weight excluding hydrogens is 667 g/mol. The normalized spacial score (nSPS) is 12.7. The van der Waals surface area contributed by atoms with E-state index >= 15 is 0 Å². The topological polar surface area (TPSA) is 20.6 Å². The smallest absolute Gasteiger partial charge is 0.0345 e. The van der Waals surface area contributed by atoms with E-state index in [2.05, 4.69) is 140 Å². The molecule has 0 saturated carbocycles. The summed E-state index contributed by atoms with van der Waals surface area (Å²) in [4.78, 5) is 6.97. The van der Waals surface area contributed by atoms with E-state index in [-0.39, 0.29) is 22.4 Å². The molecule has 38 heavy (non-hydrogen) atoms. The van der Waals surface area contributed by atoms with Crippen molar-refractivity contribution < 1.29 is 22.4 Å². The third-order valence-corrected chi connectivity index (χ3v) is 7.64. The SMILES string of the molecule is Cc1cccc2c1[N-]c1c(C)cccc1S2.[Au].c1ccc(N2[CH-]N(c3ccccc3)c3ccccc32)cc1. The fraction of sp³-hybridized carbons (Fsp3) is 0.0606. The molecule has 3 nitrogen and oxygen atoms in total. The van der Waals surface area contributed by atoms with E-state index in [9.17, 15) is 0 Å². The third-order valence-electron chi connectivity index (χ3n) is 6.55. The molecule has 5 aromatic rings. The van der Waals surface area contributed by atoms with Crippen LogP contribution in [-0.2, 0) is 22.4 Å². The quantitative estimate of drug-likeness (QED) is 0.133. The van der Waals surface area contributed by atoms with Crippen LogP contribution >= 0.6 is 11.8 Å². The van der Waals surface area contributed by atoms with Crippen molar-refractivity contribution >= 4 is 45.9 Å². The van der Waals surface area contributed by atoms with E-state index in [1.54, 1.807) is 0 Å². The summed E-state index contributed by atoms with van der Waals surface area (Å²) in [5.41, 5.74) is 9.51. The van der Waals surface area contributed by atoms with Gasteiger partial charge in [0.05, 0.1) is 0 Å². The molecule has 0 amide bonds. The molecule has 0 bridgehead atoms. The van der Waals surface area contributed by atoms with Gasteiger partial charge in [-0.1, -0.05) is 95.7 Å². The average molecular weight is 695 g/mol. The van der Waals surface area contributed by atoms with Gasteiger partial charge in [0.15, 0.2) is 0 Å². The van der Waals surface area contributed by atoms with E-state index in [0.29, 0.717) is 0 Å². The van der Waals surface area contributed by atoms with E-state index in [0.717, 1.165) is 11.4 Å². The van der Waals surface area contributed by atoms with Crippen molar-refractivity contribution in [2.24, 2.45) is 0 Å². The van der Waals surface area contributed by atoms with Gasteiger partial charge in [-0.25, -0.2) is 0 Å². The van der Waals surface area contributed by atoms with Crippen molar-refractivity contribution in [1.82, 2.24) is 0 Å². The van der Waals surface area contributed by atoms with E-state index in [1.807, 2.05) is 23.9 Å². The van der Waals surface area contributed by atoms with Crippen LogP contribution in [0.4, 0.5) is 34.1 Å². The number of anilines is 4. The molecule has 5 heteroatoms. The van der Waals surface area contributed by atoms with Crippen molar-refractivity contribution in [2.45, 2.75) is 23.6 Å². The molecular formula is C33H27AuN3S-2. The van der Waals surface area contributed by atoms with Crippen LogP contribution in [-0.4, -0.2) is 0 Å². The molecule has 2 heterocycles. The van der Waals surface area contributed by atoms with Gasteiger partial charge in [-0.3, -0.25) is 0 Å². The summed E-state index contributed by atoms with van der Waals surface area (Å²) in [5.74, 6) is 0. The predicted molar refractivity (Wildman–Crippen MR) is 157 cm³/mol. The first-order chi connectivity index (χ1) is 18.2. The first kappa shape index (κ1) is 26.2. The van der Waals surface area contributed by atoms with Crippen molar-refractivity contribution in [1.29, 1.82) is 0 Å². The van der Waals surface area contributed by atoms with Crippen molar-refractivity contribution in [2.75, 3.05) is 9.80 Å². The maximum atomic E-state index is 4.79. The second kappa shape index (κ2) is 11.5. The van der Waals surface area contributed by atoms with Gasteiger partial charge < -0.3 is 15.1 Å². The molecule has 193 valence electrons. The molecule has 1 radical (unpaired) electrons. The Kier molecular flexibility index (Phi) is 7.96. The minimum atomic E-state index is 0. The van der Waals surface area contributed by atoms with Gasteiger partial charge in [-0.2, -0.15) is 0 Å². The fourth-order valence-electron chi connectivity index (χ4n) is 4.65. The molecule has 0 spiro atoms. The van der Waals surface area contributed by atoms with Crippen molar-refractivity contribution in [3.05, 3.63) is 144 Å². The Balaban J connectivity index is 0.000000156. The van der Waals surface area contributed by atoms with Gasteiger partial charge in [0.25, 0.3) is 0 Å². The van der Waals surface area contributed by atoms with E-state index < -0.39 is 0 Å². The van der Waals surface area contributed by atoms with Gasteiger partial charge in [0.2, 0.25) is 0 Å². The van der Waals surface area contributed by atoms with E-state index in [1.165, 1.54) is 43.7 Å². The Hall–Kier alpha value is -3.41. The summed E-state index contributed by atoms with van der Waals surface area (Å²) in [5, 5.41) is 4.79. The molecule has 7 rings (SSSR count). The van der Waals surface area contributed by atoms with Crippen LogP contribution in [0.1, 0.15) is 11.1 Å². The number of aryl methyl sites for hydroxylation is 2. The minimum Gasteiger partial charge on any atom is -0.656 e. The Labute approximate surface area is 245 Å². The van der Waals surface area contributed by atoms with Gasteiger partial charge in [0.1, 0.15) is 0 Å². The summed E-state index contributed by atoms with van der Waals surface area (Å²) in [6.45, 7) is 6.38. The van der Waals surface area contributed by atoms with Crippen molar-refractivity contribution in [3.8, 4) is 0 Å². The standard InChI is InChI=1S/C19H15N2.C14H12NS.Au/c1-3-9-16(10-4-1)20-15-21(17-11-5-2-6-12-17)19-14-8-7-13-18(19)20;1-9-5-3-7-11-13(9)15-14-10(2)6-4-8-12(14)16-11;/h1-15H;3-8H,1-2H3;/q2*-1;. The van der Waals surface area contributed by atoms with Crippen LogP contribution in [0, 0.1) is 20.5 Å².